The monoisotopic (exact) mass is 405 g/mol. The van der Waals surface area contributed by atoms with Gasteiger partial charge in [0.1, 0.15) is 6.54 Å². The Hall–Kier alpha value is -2.35. The molecule has 1 heterocycles. The summed E-state index contributed by atoms with van der Waals surface area (Å²) in [6, 6.07) is 7.01. The van der Waals surface area contributed by atoms with Crippen LogP contribution in [0, 0.1) is 5.92 Å². The van der Waals surface area contributed by atoms with Crippen LogP contribution in [0.5, 0.6) is 0 Å². The summed E-state index contributed by atoms with van der Waals surface area (Å²) in [5.41, 5.74) is 0.200. The largest absolute Gasteiger partial charge is 0.468 e. The highest BCUT2D eigenvalue weighted by Gasteiger charge is 2.16. The lowest BCUT2D eigenvalue weighted by Crippen LogP contribution is -2.34. The van der Waals surface area contributed by atoms with Gasteiger partial charge in [0.25, 0.3) is 5.56 Å². The summed E-state index contributed by atoms with van der Waals surface area (Å²) in [4.78, 5) is 41.3. The normalized spacial score (nSPS) is 12.2. The van der Waals surface area contributed by atoms with Gasteiger partial charge in [-0.25, -0.2) is 4.98 Å². The van der Waals surface area contributed by atoms with Gasteiger partial charge in [-0.2, -0.15) is 0 Å². The lowest BCUT2D eigenvalue weighted by molar-refractivity contribution is -0.141. The van der Waals surface area contributed by atoms with E-state index < -0.39 is 5.97 Å². The van der Waals surface area contributed by atoms with E-state index in [1.807, 2.05) is 6.92 Å². The zero-order valence-electron chi connectivity index (χ0n) is 16.7. The maximum Gasteiger partial charge on any atom is 0.325 e. The van der Waals surface area contributed by atoms with E-state index in [9.17, 15) is 14.4 Å². The summed E-state index contributed by atoms with van der Waals surface area (Å²) < 4.78 is 5.94. The number of rotatable bonds is 9. The van der Waals surface area contributed by atoms with Gasteiger partial charge in [0, 0.05) is 6.04 Å². The quantitative estimate of drug-likeness (QED) is 0.392. The molecule has 1 unspecified atom stereocenters. The number of ether oxygens (including phenoxy) is 1. The van der Waals surface area contributed by atoms with Crippen molar-refractivity contribution in [1.82, 2.24) is 14.9 Å². The van der Waals surface area contributed by atoms with Crippen LogP contribution >= 0.6 is 11.8 Å². The van der Waals surface area contributed by atoms with Gasteiger partial charge in [-0.15, -0.1) is 0 Å². The molecular formula is C20H27N3O4S. The second kappa shape index (κ2) is 10.3. The van der Waals surface area contributed by atoms with Gasteiger partial charge in [-0.3, -0.25) is 19.0 Å². The Morgan fingerprint density at radius 3 is 2.61 bits per heavy atom. The second-order valence-corrected chi connectivity index (χ2v) is 8.05. The molecule has 0 aliphatic rings. The summed E-state index contributed by atoms with van der Waals surface area (Å²) in [6.45, 7) is 6.03. The SMILES string of the molecule is COC(=O)Cn1c(SCC(=O)NC(C)CCC(C)C)nc2ccccc2c1=O. The van der Waals surface area contributed by atoms with Crippen LogP contribution in [0.1, 0.15) is 33.6 Å². The van der Waals surface area contributed by atoms with E-state index in [1.165, 1.54) is 11.7 Å². The number of carbonyl (C=O) groups excluding carboxylic acids is 2. The number of benzene rings is 1. The number of nitrogens with one attached hydrogen (secondary N) is 1. The first kappa shape index (κ1) is 21.9. The third-order valence-corrected chi connectivity index (χ3v) is 5.23. The molecule has 2 aromatic rings. The number of hydrogen-bond donors (Lipinski definition) is 1. The van der Waals surface area contributed by atoms with Gasteiger partial charge < -0.3 is 10.1 Å². The number of methoxy groups -OCH3 is 1. The Bertz CT molecular complexity index is 895. The highest BCUT2D eigenvalue weighted by molar-refractivity contribution is 7.99. The number of carbonyl (C=O) groups is 2. The number of nitrogens with zero attached hydrogens (tertiary/aromatic N) is 2. The van der Waals surface area contributed by atoms with Crippen LogP contribution in [0.4, 0.5) is 0 Å². The lowest BCUT2D eigenvalue weighted by Gasteiger charge is -2.15. The van der Waals surface area contributed by atoms with Gasteiger partial charge in [-0.05, 0) is 37.8 Å². The minimum atomic E-state index is -0.548. The molecule has 0 saturated heterocycles. The van der Waals surface area contributed by atoms with Gasteiger partial charge in [0.05, 0.1) is 23.8 Å². The van der Waals surface area contributed by atoms with Crippen molar-refractivity contribution in [3.8, 4) is 0 Å². The molecule has 1 atom stereocenters. The van der Waals surface area contributed by atoms with Crippen LogP contribution in [0.25, 0.3) is 10.9 Å². The molecule has 0 spiro atoms. The maximum absolute atomic E-state index is 12.8. The van der Waals surface area contributed by atoms with Crippen LogP contribution in [0.15, 0.2) is 34.2 Å². The minimum Gasteiger partial charge on any atom is -0.468 e. The Labute approximate surface area is 168 Å². The van der Waals surface area contributed by atoms with Gasteiger partial charge in [0.15, 0.2) is 5.16 Å². The minimum absolute atomic E-state index is 0.0809. The fourth-order valence-corrected chi connectivity index (χ4v) is 3.50. The smallest absolute Gasteiger partial charge is 0.325 e. The summed E-state index contributed by atoms with van der Waals surface area (Å²) in [5, 5.41) is 3.70. The topological polar surface area (TPSA) is 90.3 Å². The average molecular weight is 406 g/mol. The number of aromatic nitrogens is 2. The van der Waals surface area contributed by atoms with E-state index in [4.69, 9.17) is 0 Å². The molecule has 28 heavy (non-hydrogen) atoms. The first-order valence-electron chi connectivity index (χ1n) is 9.30. The first-order chi connectivity index (χ1) is 13.3. The molecule has 7 nitrogen and oxygen atoms in total. The van der Waals surface area contributed by atoms with Crippen molar-refractivity contribution >= 4 is 34.5 Å². The molecule has 0 aliphatic carbocycles. The van der Waals surface area contributed by atoms with Crippen molar-refractivity contribution in [2.45, 2.75) is 51.4 Å². The number of para-hydroxylation sites is 1. The van der Waals surface area contributed by atoms with E-state index in [0.717, 1.165) is 24.6 Å². The predicted molar refractivity (Wildman–Crippen MR) is 110 cm³/mol. The van der Waals surface area contributed by atoms with Crippen molar-refractivity contribution in [2.24, 2.45) is 5.92 Å². The Morgan fingerprint density at radius 1 is 1.21 bits per heavy atom. The molecule has 1 aromatic heterocycles. The molecule has 0 fully saturated rings. The molecule has 0 bridgehead atoms. The highest BCUT2D eigenvalue weighted by Crippen LogP contribution is 2.18. The van der Waals surface area contributed by atoms with Crippen LogP contribution in [0.2, 0.25) is 0 Å². The summed E-state index contributed by atoms with van der Waals surface area (Å²) in [5.74, 6) is 0.0159. The van der Waals surface area contributed by atoms with Crippen molar-refractivity contribution in [3.63, 3.8) is 0 Å². The number of esters is 1. The predicted octanol–water partition coefficient (Wildman–Crippen LogP) is 2.60. The van der Waals surface area contributed by atoms with E-state index in [1.54, 1.807) is 24.3 Å². The Balaban J connectivity index is 2.16. The zero-order valence-corrected chi connectivity index (χ0v) is 17.5. The zero-order chi connectivity index (χ0) is 20.7. The molecular weight excluding hydrogens is 378 g/mol. The van der Waals surface area contributed by atoms with Crippen molar-refractivity contribution in [1.29, 1.82) is 0 Å². The lowest BCUT2D eigenvalue weighted by atomic mass is 10.0. The van der Waals surface area contributed by atoms with Crippen LogP contribution < -0.4 is 10.9 Å². The fraction of sp³-hybridized carbons (Fsp3) is 0.500. The van der Waals surface area contributed by atoms with Crippen molar-refractivity contribution in [3.05, 3.63) is 34.6 Å². The number of fused-ring (bicyclic) bond motifs is 1. The maximum atomic E-state index is 12.8. The second-order valence-electron chi connectivity index (χ2n) is 7.11. The van der Waals surface area contributed by atoms with Gasteiger partial charge in [-0.1, -0.05) is 37.7 Å². The Kier molecular flexibility index (Phi) is 8.04. The number of amides is 1. The van der Waals surface area contributed by atoms with Crippen molar-refractivity contribution < 1.29 is 14.3 Å². The molecule has 2 rings (SSSR count). The summed E-state index contributed by atoms with van der Waals surface area (Å²) in [6.07, 6.45) is 1.95. The van der Waals surface area contributed by atoms with E-state index in [2.05, 4.69) is 28.9 Å². The number of thioether (sulfide) groups is 1. The summed E-state index contributed by atoms with van der Waals surface area (Å²) in [7, 11) is 1.26. The molecule has 152 valence electrons. The molecule has 0 aliphatic heterocycles. The van der Waals surface area contributed by atoms with Crippen molar-refractivity contribution in [2.75, 3.05) is 12.9 Å². The molecule has 1 N–H and O–H groups in total. The molecule has 1 amide bonds. The molecule has 8 heteroatoms. The molecule has 0 saturated carbocycles. The van der Waals surface area contributed by atoms with E-state index in [-0.39, 0.29) is 29.8 Å². The van der Waals surface area contributed by atoms with E-state index >= 15 is 0 Å². The third-order valence-electron chi connectivity index (χ3n) is 4.26. The fourth-order valence-electron chi connectivity index (χ4n) is 2.69. The van der Waals surface area contributed by atoms with Gasteiger partial charge >= 0.3 is 5.97 Å². The van der Waals surface area contributed by atoms with Gasteiger partial charge in [0.2, 0.25) is 5.91 Å². The highest BCUT2D eigenvalue weighted by atomic mass is 32.2. The Morgan fingerprint density at radius 2 is 1.93 bits per heavy atom. The standard InChI is InChI=1S/C20H27N3O4S/c1-13(2)9-10-14(3)21-17(24)12-28-20-22-16-8-6-5-7-15(16)19(26)23(20)11-18(25)27-4/h5-8,13-14H,9-12H2,1-4H3,(H,21,24). The van der Waals surface area contributed by atoms with Crippen LogP contribution in [0.3, 0.4) is 0 Å². The molecule has 1 aromatic carbocycles. The molecule has 0 radical (unpaired) electrons. The van der Waals surface area contributed by atoms with Crippen LogP contribution in [-0.4, -0.2) is 40.3 Å². The first-order valence-corrected chi connectivity index (χ1v) is 10.3. The van der Waals surface area contributed by atoms with E-state index in [0.29, 0.717) is 22.0 Å². The number of hydrogen-bond acceptors (Lipinski definition) is 6. The average Bonchev–Trinajstić information content (AvgIpc) is 2.67. The van der Waals surface area contributed by atoms with Crippen LogP contribution in [-0.2, 0) is 20.9 Å². The third kappa shape index (κ3) is 6.09. The summed E-state index contributed by atoms with van der Waals surface area (Å²) >= 11 is 1.14.